The molecule has 2 aliphatic rings. The topological polar surface area (TPSA) is 88.9 Å². The fraction of sp³-hybridized carbons (Fsp3) is 0.545. The summed E-state index contributed by atoms with van der Waals surface area (Å²) in [7, 11) is 0. The maximum atomic E-state index is 13.0. The Balaban J connectivity index is 1.50. The summed E-state index contributed by atoms with van der Waals surface area (Å²) in [5.41, 5.74) is 2.26. The van der Waals surface area contributed by atoms with E-state index in [1.807, 2.05) is 16.7 Å². The van der Waals surface area contributed by atoms with E-state index in [1.54, 1.807) is 12.4 Å². The van der Waals surface area contributed by atoms with Crippen LogP contribution in [0.15, 0.2) is 24.5 Å². The lowest BCUT2D eigenvalue weighted by atomic mass is 10.1. The highest BCUT2D eigenvalue weighted by Gasteiger charge is 2.28. The zero-order valence-corrected chi connectivity index (χ0v) is 16.8. The molecule has 0 atom stereocenters. The molecule has 0 radical (unpaired) electrons. The quantitative estimate of drug-likeness (QED) is 0.762. The minimum atomic E-state index is -0.221. The molecule has 0 unspecified atom stereocenters. The molecule has 1 aliphatic carbocycles. The molecule has 0 saturated heterocycles. The van der Waals surface area contributed by atoms with E-state index < -0.39 is 0 Å². The molecule has 1 saturated carbocycles. The van der Waals surface area contributed by atoms with Crippen LogP contribution >= 0.6 is 0 Å². The molecule has 2 aromatic rings. The van der Waals surface area contributed by atoms with Crippen molar-refractivity contribution in [3.63, 3.8) is 0 Å². The molecule has 0 aromatic carbocycles. The van der Waals surface area contributed by atoms with Gasteiger partial charge in [0.15, 0.2) is 5.82 Å². The molecule has 2 amide bonds. The van der Waals surface area contributed by atoms with E-state index >= 15 is 0 Å². The first kappa shape index (κ1) is 19.6. The number of pyridine rings is 1. The third kappa shape index (κ3) is 4.66. The highest BCUT2D eigenvalue weighted by Crippen LogP contribution is 2.22. The molecule has 1 aliphatic heterocycles. The Morgan fingerprint density at radius 3 is 2.52 bits per heavy atom. The first-order chi connectivity index (χ1) is 14.2. The molecule has 2 N–H and O–H groups in total. The van der Waals surface area contributed by atoms with Gasteiger partial charge < -0.3 is 15.2 Å². The summed E-state index contributed by atoms with van der Waals surface area (Å²) in [6.07, 6.45) is 13.1. The number of carbonyl (C=O) groups excluding carboxylic acids is 2. The van der Waals surface area contributed by atoms with Crippen LogP contribution in [0.1, 0.15) is 83.7 Å². The van der Waals surface area contributed by atoms with E-state index in [0.29, 0.717) is 18.1 Å². The van der Waals surface area contributed by atoms with Crippen molar-refractivity contribution in [2.75, 3.05) is 0 Å². The largest absolute Gasteiger partial charge is 0.347 e. The average molecular weight is 396 g/mol. The second-order valence-electron chi connectivity index (χ2n) is 8.04. The molecule has 7 nitrogen and oxygen atoms in total. The SMILES string of the molecule is O=C(NCc1ccncc1)c1nc(C(=O)NC2CCCCCC2)n2c1CCCC2. The predicted molar refractivity (Wildman–Crippen MR) is 110 cm³/mol. The number of carbonyl (C=O) groups is 2. The molecule has 0 spiro atoms. The monoisotopic (exact) mass is 395 g/mol. The van der Waals surface area contributed by atoms with E-state index in [2.05, 4.69) is 20.6 Å². The Hall–Kier alpha value is -2.70. The van der Waals surface area contributed by atoms with E-state index in [-0.39, 0.29) is 17.9 Å². The van der Waals surface area contributed by atoms with Gasteiger partial charge in [0.1, 0.15) is 5.69 Å². The van der Waals surface area contributed by atoms with Gasteiger partial charge in [-0.15, -0.1) is 0 Å². The zero-order chi connectivity index (χ0) is 20.1. The molecule has 4 rings (SSSR count). The van der Waals surface area contributed by atoms with Crippen molar-refractivity contribution < 1.29 is 9.59 Å². The third-order valence-electron chi connectivity index (χ3n) is 5.93. The number of rotatable bonds is 5. The molecule has 0 bridgehead atoms. The maximum absolute atomic E-state index is 13.0. The number of nitrogens with zero attached hydrogens (tertiary/aromatic N) is 3. The third-order valence-corrected chi connectivity index (χ3v) is 5.93. The molecule has 3 heterocycles. The Morgan fingerprint density at radius 1 is 1.00 bits per heavy atom. The van der Waals surface area contributed by atoms with Crippen LogP contribution in [0.2, 0.25) is 0 Å². The van der Waals surface area contributed by atoms with Crippen molar-refractivity contribution in [3.8, 4) is 0 Å². The molecule has 1 fully saturated rings. The fourth-order valence-corrected chi connectivity index (χ4v) is 4.34. The summed E-state index contributed by atoms with van der Waals surface area (Å²) in [4.78, 5) is 34.3. The van der Waals surface area contributed by atoms with Crippen molar-refractivity contribution in [2.24, 2.45) is 0 Å². The molecule has 7 heteroatoms. The number of imidazole rings is 1. The van der Waals surface area contributed by atoms with E-state index in [9.17, 15) is 9.59 Å². The Morgan fingerprint density at radius 2 is 1.76 bits per heavy atom. The van der Waals surface area contributed by atoms with Crippen LogP contribution < -0.4 is 10.6 Å². The summed E-state index contributed by atoms with van der Waals surface area (Å²) in [6.45, 7) is 1.16. The summed E-state index contributed by atoms with van der Waals surface area (Å²) in [6, 6.07) is 3.95. The van der Waals surface area contributed by atoms with Crippen LogP contribution in [0, 0.1) is 0 Å². The highest BCUT2D eigenvalue weighted by molar-refractivity contribution is 5.97. The van der Waals surface area contributed by atoms with Gasteiger partial charge >= 0.3 is 0 Å². The van der Waals surface area contributed by atoms with Crippen LogP contribution in [0.4, 0.5) is 0 Å². The lowest BCUT2D eigenvalue weighted by Gasteiger charge is -2.19. The number of nitrogens with one attached hydrogen (secondary N) is 2. The summed E-state index contributed by atoms with van der Waals surface area (Å²) >= 11 is 0. The van der Waals surface area contributed by atoms with Gasteiger partial charge in [0, 0.05) is 31.5 Å². The summed E-state index contributed by atoms with van der Waals surface area (Å²) < 4.78 is 1.96. The van der Waals surface area contributed by atoms with Gasteiger partial charge in [-0.25, -0.2) is 4.98 Å². The number of fused-ring (bicyclic) bond motifs is 1. The standard InChI is InChI=1S/C22H29N5O2/c28-21(24-15-16-10-12-23-13-11-16)19-18-9-5-6-14-27(18)20(26-19)22(29)25-17-7-3-1-2-4-8-17/h10-13,17H,1-9,14-15H2,(H,24,28)(H,25,29). The maximum Gasteiger partial charge on any atom is 0.287 e. The van der Waals surface area contributed by atoms with Crippen molar-refractivity contribution >= 4 is 11.8 Å². The summed E-state index contributed by atoms with van der Waals surface area (Å²) in [5.74, 6) is 0.0206. The minimum Gasteiger partial charge on any atom is -0.347 e. The number of hydrogen-bond donors (Lipinski definition) is 2. The Bertz CT molecular complexity index is 854. The van der Waals surface area contributed by atoms with E-state index in [4.69, 9.17) is 0 Å². The Labute approximate surface area is 171 Å². The minimum absolute atomic E-state index is 0.145. The lowest BCUT2D eigenvalue weighted by molar-refractivity contribution is 0.0917. The van der Waals surface area contributed by atoms with Gasteiger partial charge in [0.05, 0.1) is 5.69 Å². The molecule has 29 heavy (non-hydrogen) atoms. The van der Waals surface area contributed by atoms with Gasteiger partial charge in [0.2, 0.25) is 0 Å². The number of hydrogen-bond acceptors (Lipinski definition) is 4. The van der Waals surface area contributed by atoms with Crippen LogP contribution in [-0.4, -0.2) is 32.4 Å². The van der Waals surface area contributed by atoms with Crippen molar-refractivity contribution in [1.82, 2.24) is 25.2 Å². The van der Waals surface area contributed by atoms with Gasteiger partial charge in [-0.05, 0) is 49.8 Å². The second-order valence-corrected chi connectivity index (χ2v) is 8.04. The van der Waals surface area contributed by atoms with Gasteiger partial charge in [-0.2, -0.15) is 0 Å². The first-order valence-corrected chi connectivity index (χ1v) is 10.8. The normalized spacial score (nSPS) is 17.2. The van der Waals surface area contributed by atoms with Crippen LogP contribution in [0.25, 0.3) is 0 Å². The molecular weight excluding hydrogens is 366 g/mol. The first-order valence-electron chi connectivity index (χ1n) is 10.8. The number of amides is 2. The highest BCUT2D eigenvalue weighted by atomic mass is 16.2. The lowest BCUT2D eigenvalue weighted by Crippen LogP contribution is -2.36. The second kappa shape index (κ2) is 9.20. The molecular formula is C22H29N5O2. The van der Waals surface area contributed by atoms with E-state index in [1.165, 1.54) is 12.8 Å². The van der Waals surface area contributed by atoms with E-state index in [0.717, 1.165) is 62.7 Å². The van der Waals surface area contributed by atoms with Crippen molar-refractivity contribution in [3.05, 3.63) is 47.3 Å². The molecule has 154 valence electrons. The van der Waals surface area contributed by atoms with Crippen LogP contribution in [0.3, 0.4) is 0 Å². The Kier molecular flexibility index (Phi) is 6.22. The predicted octanol–water partition coefficient (Wildman–Crippen LogP) is 3.00. The van der Waals surface area contributed by atoms with Crippen LogP contribution in [0.5, 0.6) is 0 Å². The fourth-order valence-electron chi connectivity index (χ4n) is 4.34. The van der Waals surface area contributed by atoms with Crippen molar-refractivity contribution in [1.29, 1.82) is 0 Å². The van der Waals surface area contributed by atoms with Gasteiger partial charge in [0.25, 0.3) is 11.8 Å². The zero-order valence-electron chi connectivity index (χ0n) is 16.8. The van der Waals surface area contributed by atoms with Gasteiger partial charge in [-0.1, -0.05) is 25.7 Å². The van der Waals surface area contributed by atoms with Gasteiger partial charge in [-0.3, -0.25) is 14.6 Å². The average Bonchev–Trinajstić information content (AvgIpc) is 2.96. The van der Waals surface area contributed by atoms with Crippen molar-refractivity contribution in [2.45, 2.75) is 76.9 Å². The van der Waals surface area contributed by atoms with Crippen LogP contribution in [-0.2, 0) is 19.5 Å². The number of aromatic nitrogens is 3. The molecule has 2 aromatic heterocycles. The summed E-state index contributed by atoms with van der Waals surface area (Å²) in [5, 5.41) is 6.11. The smallest absolute Gasteiger partial charge is 0.287 e.